The highest BCUT2D eigenvalue weighted by molar-refractivity contribution is 7.86. The van der Waals surface area contributed by atoms with Gasteiger partial charge in [-0.25, -0.2) is 5.14 Å². The van der Waals surface area contributed by atoms with Crippen LogP contribution in [0.1, 0.15) is 31.2 Å². The molecule has 6 nitrogen and oxygen atoms in total. The summed E-state index contributed by atoms with van der Waals surface area (Å²) in [7, 11) is -3.81. The number of rotatable bonds is 5. The van der Waals surface area contributed by atoms with E-state index in [9.17, 15) is 13.2 Å². The summed E-state index contributed by atoms with van der Waals surface area (Å²) in [5.74, 6) is -0.242. The maximum absolute atomic E-state index is 12.3. The van der Waals surface area contributed by atoms with Gasteiger partial charge in [0, 0.05) is 18.5 Å². The van der Waals surface area contributed by atoms with Crippen LogP contribution in [0.15, 0.2) is 30.3 Å². The lowest BCUT2D eigenvalue weighted by Crippen LogP contribution is -2.49. The Balaban J connectivity index is 1.64. The number of nitrogens with zero attached hydrogens (tertiary/aromatic N) is 1. The third kappa shape index (κ3) is 3.02. The van der Waals surface area contributed by atoms with E-state index in [2.05, 4.69) is 17.4 Å². The molecule has 3 rings (SSSR count). The first kappa shape index (κ1) is 15.5. The van der Waals surface area contributed by atoms with Gasteiger partial charge in [-0.3, -0.25) is 4.79 Å². The Morgan fingerprint density at radius 2 is 2.00 bits per heavy atom. The van der Waals surface area contributed by atoms with Crippen LogP contribution in [-0.4, -0.2) is 37.8 Å². The molecule has 1 amide bonds. The van der Waals surface area contributed by atoms with Gasteiger partial charge >= 0.3 is 0 Å². The molecule has 7 heteroatoms. The van der Waals surface area contributed by atoms with Crippen LogP contribution in [0.3, 0.4) is 0 Å². The highest BCUT2D eigenvalue weighted by Gasteiger charge is 2.45. The fourth-order valence-corrected chi connectivity index (χ4v) is 4.13. The summed E-state index contributed by atoms with van der Waals surface area (Å²) >= 11 is 0. The topological polar surface area (TPSA) is 92.5 Å². The molecule has 3 N–H and O–H groups in total. The van der Waals surface area contributed by atoms with E-state index >= 15 is 0 Å². The van der Waals surface area contributed by atoms with E-state index in [1.54, 1.807) is 0 Å². The Labute approximate surface area is 130 Å². The number of benzene rings is 1. The minimum atomic E-state index is -3.81. The number of nitrogens with one attached hydrogen (secondary N) is 1. The number of carbonyl (C=O) groups is 1. The Morgan fingerprint density at radius 3 is 2.59 bits per heavy atom. The Bertz CT molecular complexity index is 656. The summed E-state index contributed by atoms with van der Waals surface area (Å²) in [4.78, 5) is 12.3. The van der Waals surface area contributed by atoms with Gasteiger partial charge in [-0.1, -0.05) is 30.3 Å². The molecule has 1 unspecified atom stereocenters. The molecular formula is C15H21N3O3S. The summed E-state index contributed by atoms with van der Waals surface area (Å²) in [6.45, 7) is 0.867. The van der Waals surface area contributed by atoms with Crippen molar-refractivity contribution in [2.24, 2.45) is 5.14 Å². The zero-order valence-corrected chi connectivity index (χ0v) is 13.2. The van der Waals surface area contributed by atoms with Crippen LogP contribution in [0.5, 0.6) is 0 Å². The minimum absolute atomic E-state index is 0.0158. The van der Waals surface area contributed by atoms with Gasteiger partial charge in [0.15, 0.2) is 0 Å². The first-order chi connectivity index (χ1) is 10.4. The lowest BCUT2D eigenvalue weighted by Gasteiger charge is -2.23. The first-order valence-corrected chi connectivity index (χ1v) is 9.06. The van der Waals surface area contributed by atoms with Gasteiger partial charge in [0.1, 0.15) is 6.04 Å². The van der Waals surface area contributed by atoms with Gasteiger partial charge in [-0.05, 0) is 31.2 Å². The van der Waals surface area contributed by atoms with Crippen molar-refractivity contribution in [3.63, 3.8) is 0 Å². The highest BCUT2D eigenvalue weighted by atomic mass is 32.2. The molecule has 0 radical (unpaired) electrons. The van der Waals surface area contributed by atoms with E-state index in [0.29, 0.717) is 25.9 Å². The average Bonchev–Trinajstić information content (AvgIpc) is 3.10. The van der Waals surface area contributed by atoms with Gasteiger partial charge < -0.3 is 5.32 Å². The zero-order valence-electron chi connectivity index (χ0n) is 12.4. The van der Waals surface area contributed by atoms with E-state index in [4.69, 9.17) is 5.14 Å². The quantitative estimate of drug-likeness (QED) is 0.826. The summed E-state index contributed by atoms with van der Waals surface area (Å²) in [5, 5.41) is 8.10. The Kier molecular flexibility index (Phi) is 3.96. The minimum Gasteiger partial charge on any atom is -0.354 e. The van der Waals surface area contributed by atoms with Crippen molar-refractivity contribution in [3.05, 3.63) is 35.9 Å². The second-order valence-electron chi connectivity index (χ2n) is 6.18. The molecule has 0 bridgehead atoms. The first-order valence-electron chi connectivity index (χ1n) is 7.55. The largest absolute Gasteiger partial charge is 0.354 e. The third-order valence-corrected chi connectivity index (χ3v) is 5.76. The van der Waals surface area contributed by atoms with Crippen molar-refractivity contribution in [2.75, 3.05) is 13.1 Å². The molecule has 0 spiro atoms. The van der Waals surface area contributed by atoms with Crippen LogP contribution in [0.2, 0.25) is 0 Å². The number of hydrogen-bond donors (Lipinski definition) is 2. The summed E-state index contributed by atoms with van der Waals surface area (Å²) in [6.07, 6.45) is 3.28. The molecule has 120 valence electrons. The molecule has 1 aliphatic heterocycles. The van der Waals surface area contributed by atoms with Crippen LogP contribution in [0.4, 0.5) is 0 Å². The summed E-state index contributed by atoms with van der Waals surface area (Å²) in [6, 6.07) is 9.45. The van der Waals surface area contributed by atoms with Crippen LogP contribution < -0.4 is 10.5 Å². The molecular weight excluding hydrogens is 302 g/mol. The SMILES string of the molecule is NS(=O)(=O)N1CCCC1C(=O)NCC1(c2ccccc2)CC1. The number of hydrogen-bond acceptors (Lipinski definition) is 3. The van der Waals surface area contributed by atoms with E-state index in [0.717, 1.165) is 17.1 Å². The zero-order chi connectivity index (χ0) is 15.8. The predicted molar refractivity (Wildman–Crippen MR) is 83.2 cm³/mol. The van der Waals surface area contributed by atoms with Gasteiger partial charge in [-0.2, -0.15) is 12.7 Å². The molecule has 1 saturated heterocycles. The summed E-state index contributed by atoms with van der Waals surface area (Å²) in [5.41, 5.74) is 1.24. The fourth-order valence-electron chi connectivity index (χ4n) is 3.19. The molecule has 1 aliphatic carbocycles. The lowest BCUT2D eigenvalue weighted by atomic mass is 9.96. The number of amides is 1. The number of carbonyl (C=O) groups excluding carboxylic acids is 1. The lowest BCUT2D eigenvalue weighted by molar-refractivity contribution is -0.124. The van der Waals surface area contributed by atoms with Gasteiger partial charge in [0.2, 0.25) is 5.91 Å². The second kappa shape index (κ2) is 5.64. The number of nitrogens with two attached hydrogens (primary N) is 1. The maximum atomic E-state index is 12.3. The second-order valence-corrected chi connectivity index (χ2v) is 7.68. The van der Waals surface area contributed by atoms with Crippen molar-refractivity contribution < 1.29 is 13.2 Å². The molecule has 1 aromatic carbocycles. The van der Waals surface area contributed by atoms with Crippen LogP contribution in [0.25, 0.3) is 0 Å². The standard InChI is InChI=1S/C15H21N3O3S/c16-22(20,21)18-10-4-7-13(18)14(19)17-11-15(8-9-15)12-5-2-1-3-6-12/h1-3,5-6,13H,4,7-11H2,(H,17,19)(H2,16,20,21). The van der Waals surface area contributed by atoms with Crippen molar-refractivity contribution in [1.82, 2.24) is 9.62 Å². The Hall–Kier alpha value is -1.44. The van der Waals surface area contributed by atoms with Crippen molar-refractivity contribution >= 4 is 16.1 Å². The fraction of sp³-hybridized carbons (Fsp3) is 0.533. The smallest absolute Gasteiger partial charge is 0.277 e. The molecule has 22 heavy (non-hydrogen) atoms. The van der Waals surface area contributed by atoms with Crippen LogP contribution in [0, 0.1) is 0 Å². The van der Waals surface area contributed by atoms with E-state index in [-0.39, 0.29) is 11.3 Å². The van der Waals surface area contributed by atoms with Crippen molar-refractivity contribution in [3.8, 4) is 0 Å². The van der Waals surface area contributed by atoms with Crippen LogP contribution in [-0.2, 0) is 20.4 Å². The molecule has 0 aromatic heterocycles. The third-order valence-electron chi connectivity index (χ3n) is 4.67. The highest BCUT2D eigenvalue weighted by Crippen LogP contribution is 2.47. The van der Waals surface area contributed by atoms with Crippen molar-refractivity contribution in [1.29, 1.82) is 0 Å². The maximum Gasteiger partial charge on any atom is 0.277 e. The average molecular weight is 323 g/mol. The van der Waals surface area contributed by atoms with Gasteiger partial charge in [0.25, 0.3) is 10.2 Å². The molecule has 1 atom stereocenters. The van der Waals surface area contributed by atoms with E-state index in [1.165, 1.54) is 5.56 Å². The molecule has 2 fully saturated rings. The monoisotopic (exact) mass is 323 g/mol. The van der Waals surface area contributed by atoms with Gasteiger partial charge in [0.05, 0.1) is 0 Å². The molecule has 1 saturated carbocycles. The van der Waals surface area contributed by atoms with E-state index < -0.39 is 16.3 Å². The van der Waals surface area contributed by atoms with E-state index in [1.807, 2.05) is 18.2 Å². The molecule has 1 aromatic rings. The van der Waals surface area contributed by atoms with Crippen molar-refractivity contribution in [2.45, 2.75) is 37.1 Å². The summed E-state index contributed by atoms with van der Waals surface area (Å²) < 4.78 is 24.1. The Morgan fingerprint density at radius 1 is 1.32 bits per heavy atom. The molecule has 1 heterocycles. The predicted octanol–water partition coefficient (Wildman–Crippen LogP) is 0.502. The van der Waals surface area contributed by atoms with Gasteiger partial charge in [-0.15, -0.1) is 0 Å². The van der Waals surface area contributed by atoms with Crippen LogP contribution >= 0.6 is 0 Å². The normalized spacial score (nSPS) is 24.1. The molecule has 2 aliphatic rings.